The number of nitrogens with one attached hydrogen (secondary N) is 1. The van der Waals surface area contributed by atoms with Crippen molar-refractivity contribution in [2.45, 2.75) is 26.6 Å². The van der Waals surface area contributed by atoms with E-state index in [4.69, 9.17) is 19.4 Å². The molecule has 0 saturated carbocycles. The third-order valence-corrected chi connectivity index (χ3v) is 2.56. The number of ketones is 1. The predicted octanol–water partition coefficient (Wildman–Crippen LogP) is 4.01. The Balaban J connectivity index is 0.000000686. The number of fused-ring (bicyclic) bond motifs is 1. The minimum atomic E-state index is -0.497. The molecule has 1 aromatic carbocycles. The highest BCUT2D eigenvalue weighted by Crippen LogP contribution is 2.24. The molecule has 0 aliphatic rings. The summed E-state index contributed by atoms with van der Waals surface area (Å²) in [7, 11) is 5.56. The lowest BCUT2D eigenvalue weighted by atomic mass is 9.83. The maximum absolute atomic E-state index is 11.7. The van der Waals surface area contributed by atoms with Crippen LogP contribution in [0.1, 0.15) is 31.1 Å². The zero-order chi connectivity index (χ0) is 13.0. The van der Waals surface area contributed by atoms with Crippen LogP contribution in [0.3, 0.4) is 0 Å². The van der Waals surface area contributed by atoms with Gasteiger partial charge in [0.1, 0.15) is 0 Å². The number of rotatable bonds is 2. The molecule has 1 unspecified atom stereocenters. The number of hydrogen-bond acceptors (Lipinski definition) is 1. The van der Waals surface area contributed by atoms with Crippen molar-refractivity contribution in [3.05, 3.63) is 35.0 Å². The van der Waals surface area contributed by atoms with Crippen molar-refractivity contribution in [3.63, 3.8) is 0 Å². The summed E-state index contributed by atoms with van der Waals surface area (Å²) in [5.74, 6) is -0.577. The molecule has 0 saturated heterocycles. The summed E-state index contributed by atoms with van der Waals surface area (Å²) in [5, 5.41) is 1.44. The van der Waals surface area contributed by atoms with Crippen LogP contribution in [0.2, 0.25) is 10.8 Å². The first kappa shape index (κ1) is 13.8. The van der Waals surface area contributed by atoms with Crippen LogP contribution >= 0.6 is 11.6 Å². The molecule has 0 amide bonds. The van der Waals surface area contributed by atoms with E-state index in [1.807, 2.05) is 19.9 Å². The third kappa shape index (κ3) is 2.92. The second-order valence-electron chi connectivity index (χ2n) is 3.55. The molecule has 0 fully saturated rings. The molecule has 88 valence electrons. The molecule has 2 rings (SSSR count). The molecule has 0 aliphatic heterocycles. The standard InChI is InChI=1S/C11H9BClNO.C2H6/c1-6(12)11(15)9-5-14-10-3-2-7(13)4-8(9)10;1-2/h2-6,14H,1H3;1-2H3. The van der Waals surface area contributed by atoms with Crippen LogP contribution in [0.15, 0.2) is 24.4 Å². The normalized spacial score (nSPS) is 11.8. The number of aromatic amines is 1. The van der Waals surface area contributed by atoms with Gasteiger partial charge >= 0.3 is 0 Å². The topological polar surface area (TPSA) is 32.9 Å². The van der Waals surface area contributed by atoms with Gasteiger partial charge in [0.15, 0.2) is 5.78 Å². The van der Waals surface area contributed by atoms with Crippen LogP contribution in [-0.2, 0) is 0 Å². The van der Waals surface area contributed by atoms with E-state index in [1.165, 1.54) is 0 Å². The molecule has 1 aromatic heterocycles. The molecule has 1 heterocycles. The summed E-state index contributed by atoms with van der Waals surface area (Å²) < 4.78 is 0. The number of benzene rings is 1. The molecular formula is C13H15BClNO. The zero-order valence-electron chi connectivity index (χ0n) is 10.3. The van der Waals surface area contributed by atoms with Gasteiger partial charge in [-0.25, -0.2) is 0 Å². The summed E-state index contributed by atoms with van der Waals surface area (Å²) in [6.45, 7) is 5.67. The van der Waals surface area contributed by atoms with Crippen molar-refractivity contribution in [1.29, 1.82) is 0 Å². The van der Waals surface area contributed by atoms with Gasteiger partial charge in [0, 0.05) is 27.7 Å². The number of carbonyl (C=O) groups is 1. The first-order chi connectivity index (χ1) is 8.09. The highest BCUT2D eigenvalue weighted by molar-refractivity contribution is 6.32. The Labute approximate surface area is 108 Å². The Morgan fingerprint density at radius 2 is 2.06 bits per heavy atom. The van der Waals surface area contributed by atoms with Crippen LogP contribution < -0.4 is 0 Å². The molecule has 0 bridgehead atoms. The maximum atomic E-state index is 11.7. The fraction of sp³-hybridized carbons (Fsp3) is 0.308. The van der Waals surface area contributed by atoms with Crippen molar-refractivity contribution >= 4 is 36.1 Å². The molecular weight excluding hydrogens is 232 g/mol. The van der Waals surface area contributed by atoms with Crippen LogP contribution in [0.4, 0.5) is 0 Å². The summed E-state index contributed by atoms with van der Waals surface area (Å²) in [4.78, 5) is 14.8. The quantitative estimate of drug-likeness (QED) is 0.631. The van der Waals surface area contributed by atoms with Crippen LogP contribution in [0.25, 0.3) is 10.9 Å². The van der Waals surface area contributed by atoms with Gasteiger partial charge in [0.05, 0.1) is 7.85 Å². The van der Waals surface area contributed by atoms with Gasteiger partial charge < -0.3 is 4.98 Å². The van der Waals surface area contributed by atoms with Crippen molar-refractivity contribution in [3.8, 4) is 0 Å². The van der Waals surface area contributed by atoms with Crippen molar-refractivity contribution in [2.24, 2.45) is 0 Å². The fourth-order valence-corrected chi connectivity index (χ4v) is 1.71. The van der Waals surface area contributed by atoms with Crippen molar-refractivity contribution < 1.29 is 4.79 Å². The Morgan fingerprint density at radius 1 is 1.41 bits per heavy atom. The van der Waals surface area contributed by atoms with Crippen LogP contribution in [-0.4, -0.2) is 18.6 Å². The summed E-state index contributed by atoms with van der Waals surface area (Å²) in [5.41, 5.74) is 1.49. The average molecular weight is 248 g/mol. The lowest BCUT2D eigenvalue weighted by Crippen LogP contribution is -2.04. The fourth-order valence-electron chi connectivity index (χ4n) is 1.54. The molecule has 17 heavy (non-hydrogen) atoms. The lowest BCUT2D eigenvalue weighted by molar-refractivity contribution is 0.0990. The second-order valence-corrected chi connectivity index (χ2v) is 3.98. The van der Waals surface area contributed by atoms with E-state index < -0.39 is 5.82 Å². The van der Waals surface area contributed by atoms with Gasteiger partial charge in [0.25, 0.3) is 0 Å². The zero-order valence-corrected chi connectivity index (χ0v) is 11.0. The predicted molar refractivity (Wildman–Crippen MR) is 74.2 cm³/mol. The Morgan fingerprint density at radius 3 is 2.65 bits per heavy atom. The largest absolute Gasteiger partial charge is 0.360 e. The van der Waals surface area contributed by atoms with Crippen molar-refractivity contribution in [2.75, 3.05) is 0 Å². The molecule has 2 nitrogen and oxygen atoms in total. The van der Waals surface area contributed by atoms with E-state index in [0.29, 0.717) is 10.6 Å². The number of halogens is 1. The van der Waals surface area contributed by atoms with Crippen LogP contribution in [0, 0.1) is 0 Å². The number of hydrogen-bond donors (Lipinski definition) is 1. The maximum Gasteiger partial charge on any atom is 0.159 e. The first-order valence-corrected chi connectivity index (χ1v) is 6.04. The van der Waals surface area contributed by atoms with E-state index in [1.54, 1.807) is 25.3 Å². The number of H-pyrrole nitrogens is 1. The highest BCUT2D eigenvalue weighted by Gasteiger charge is 2.14. The first-order valence-electron chi connectivity index (χ1n) is 5.66. The number of aromatic nitrogens is 1. The van der Waals surface area contributed by atoms with Gasteiger partial charge in [-0.05, 0) is 24.0 Å². The van der Waals surface area contributed by atoms with E-state index in [-0.39, 0.29) is 5.78 Å². The highest BCUT2D eigenvalue weighted by atomic mass is 35.5. The molecule has 1 N–H and O–H groups in total. The second kappa shape index (κ2) is 5.92. The van der Waals surface area contributed by atoms with E-state index in [2.05, 4.69) is 4.98 Å². The van der Waals surface area contributed by atoms with E-state index >= 15 is 0 Å². The van der Waals surface area contributed by atoms with Gasteiger partial charge in [-0.1, -0.05) is 32.4 Å². The molecule has 0 spiro atoms. The van der Waals surface area contributed by atoms with E-state index in [0.717, 1.165) is 10.9 Å². The third-order valence-electron chi connectivity index (χ3n) is 2.32. The lowest BCUT2D eigenvalue weighted by Gasteiger charge is -2.02. The van der Waals surface area contributed by atoms with Crippen LogP contribution in [0.5, 0.6) is 0 Å². The average Bonchev–Trinajstić information content (AvgIpc) is 2.73. The van der Waals surface area contributed by atoms with Gasteiger partial charge in [-0.2, -0.15) is 0 Å². The minimum absolute atomic E-state index is 0.0801. The Hall–Kier alpha value is -1.22. The molecule has 1 atom stereocenters. The summed E-state index contributed by atoms with van der Waals surface area (Å²) in [6.07, 6.45) is 1.67. The van der Waals surface area contributed by atoms with Gasteiger partial charge in [0.2, 0.25) is 0 Å². The van der Waals surface area contributed by atoms with Gasteiger partial charge in [-0.3, -0.25) is 4.79 Å². The molecule has 2 aromatic rings. The molecule has 4 heteroatoms. The van der Waals surface area contributed by atoms with Crippen molar-refractivity contribution in [1.82, 2.24) is 4.98 Å². The SMILES string of the molecule is CC.[B]C(C)C(=O)c1c[nH]c2ccc(Cl)cc12. The smallest absolute Gasteiger partial charge is 0.159 e. The monoisotopic (exact) mass is 247 g/mol. The Kier molecular flexibility index (Phi) is 4.82. The number of Topliss-reactive ketones (excluding diaryl/α,β-unsaturated/α-hetero) is 1. The molecule has 2 radical (unpaired) electrons. The van der Waals surface area contributed by atoms with E-state index in [9.17, 15) is 4.79 Å². The summed E-state index contributed by atoms with van der Waals surface area (Å²) >= 11 is 5.88. The van der Waals surface area contributed by atoms with Gasteiger partial charge in [-0.15, -0.1) is 0 Å². The minimum Gasteiger partial charge on any atom is -0.360 e. The Bertz CT molecular complexity index is 519. The number of carbonyl (C=O) groups excluding carboxylic acids is 1. The molecule has 0 aliphatic carbocycles. The summed E-state index contributed by atoms with van der Waals surface area (Å²) in [6, 6.07) is 5.39.